The number of hydrogen-bond donors (Lipinski definition) is 0. The molecule has 1 aromatic rings. The van der Waals surface area contributed by atoms with Gasteiger partial charge in [0.05, 0.1) is 17.8 Å². The topological polar surface area (TPSA) is 30.3 Å². The standard InChI is InChI=1S/C15H25N3O/c1-3-13-10-16-18(11-13)14-4-8-17(9-5-14)12-15(19-2)6-7-15/h10-11,14H,3-9,12H2,1-2H3. The van der Waals surface area contributed by atoms with E-state index >= 15 is 0 Å². The highest BCUT2D eigenvalue weighted by Gasteiger charge is 2.44. The minimum Gasteiger partial charge on any atom is -0.377 e. The van der Waals surface area contributed by atoms with E-state index in [-0.39, 0.29) is 5.60 Å². The molecule has 4 nitrogen and oxygen atoms in total. The molecule has 0 N–H and O–H groups in total. The summed E-state index contributed by atoms with van der Waals surface area (Å²) in [5.41, 5.74) is 1.55. The molecule has 1 saturated carbocycles. The van der Waals surface area contributed by atoms with Crippen LogP contribution in [0.3, 0.4) is 0 Å². The number of hydrogen-bond acceptors (Lipinski definition) is 3. The zero-order valence-corrected chi connectivity index (χ0v) is 12.1. The summed E-state index contributed by atoms with van der Waals surface area (Å²) in [6.45, 7) is 5.66. The number of methoxy groups -OCH3 is 1. The molecule has 1 aromatic heterocycles. The fourth-order valence-corrected chi connectivity index (χ4v) is 3.08. The van der Waals surface area contributed by atoms with Gasteiger partial charge in [0.2, 0.25) is 0 Å². The van der Waals surface area contributed by atoms with Crippen LogP contribution < -0.4 is 0 Å². The number of rotatable bonds is 5. The van der Waals surface area contributed by atoms with Crippen LogP contribution >= 0.6 is 0 Å². The maximum Gasteiger partial charge on any atom is 0.0807 e. The van der Waals surface area contributed by atoms with Crippen molar-refractivity contribution in [3.05, 3.63) is 18.0 Å². The Morgan fingerprint density at radius 1 is 1.37 bits per heavy atom. The van der Waals surface area contributed by atoms with Crippen molar-refractivity contribution in [1.82, 2.24) is 14.7 Å². The molecule has 0 radical (unpaired) electrons. The molecule has 2 aliphatic rings. The van der Waals surface area contributed by atoms with E-state index in [4.69, 9.17) is 4.74 Å². The molecule has 1 aliphatic carbocycles. The van der Waals surface area contributed by atoms with Crippen molar-refractivity contribution >= 4 is 0 Å². The Labute approximate surface area is 115 Å². The molecular formula is C15H25N3O. The summed E-state index contributed by atoms with van der Waals surface area (Å²) in [5, 5.41) is 4.51. The smallest absolute Gasteiger partial charge is 0.0807 e. The van der Waals surface area contributed by atoms with E-state index in [0.717, 1.165) is 13.0 Å². The molecule has 0 amide bonds. The molecule has 0 unspecified atom stereocenters. The molecule has 4 heteroatoms. The summed E-state index contributed by atoms with van der Waals surface area (Å²) in [4.78, 5) is 2.57. The second kappa shape index (κ2) is 5.25. The summed E-state index contributed by atoms with van der Waals surface area (Å²) in [7, 11) is 1.86. The summed E-state index contributed by atoms with van der Waals surface area (Å²) in [6.07, 6.45) is 10.2. The Bertz CT molecular complexity index is 417. The van der Waals surface area contributed by atoms with Crippen molar-refractivity contribution in [2.45, 2.75) is 50.7 Å². The summed E-state index contributed by atoms with van der Waals surface area (Å²) >= 11 is 0. The number of nitrogens with zero attached hydrogens (tertiary/aromatic N) is 3. The van der Waals surface area contributed by atoms with Gasteiger partial charge in [-0.15, -0.1) is 0 Å². The number of likely N-dealkylation sites (tertiary alicyclic amines) is 1. The van der Waals surface area contributed by atoms with Gasteiger partial charge in [0, 0.05) is 32.9 Å². The number of piperidine rings is 1. The monoisotopic (exact) mass is 263 g/mol. The van der Waals surface area contributed by atoms with Gasteiger partial charge in [-0.25, -0.2) is 0 Å². The number of aromatic nitrogens is 2. The van der Waals surface area contributed by atoms with Crippen LogP contribution in [-0.2, 0) is 11.2 Å². The normalized spacial score (nSPS) is 23.7. The van der Waals surface area contributed by atoms with Crippen molar-refractivity contribution in [2.24, 2.45) is 0 Å². The van der Waals surface area contributed by atoms with Crippen molar-refractivity contribution in [1.29, 1.82) is 0 Å². The van der Waals surface area contributed by atoms with Gasteiger partial charge in [-0.2, -0.15) is 5.10 Å². The third kappa shape index (κ3) is 2.84. The average molecular weight is 263 g/mol. The molecule has 1 aliphatic heterocycles. The van der Waals surface area contributed by atoms with Gasteiger partial charge < -0.3 is 9.64 Å². The van der Waals surface area contributed by atoms with E-state index in [0.29, 0.717) is 6.04 Å². The van der Waals surface area contributed by atoms with Gasteiger partial charge in [0.1, 0.15) is 0 Å². The minimum atomic E-state index is 0.202. The Hall–Kier alpha value is -0.870. The Kier molecular flexibility index (Phi) is 3.63. The first-order valence-electron chi connectivity index (χ1n) is 7.55. The van der Waals surface area contributed by atoms with E-state index in [1.165, 1.54) is 44.3 Å². The lowest BCUT2D eigenvalue weighted by Crippen LogP contribution is -2.40. The van der Waals surface area contributed by atoms with Crippen LogP contribution in [-0.4, -0.2) is 47.0 Å². The first-order valence-corrected chi connectivity index (χ1v) is 7.55. The predicted molar refractivity (Wildman–Crippen MR) is 75.3 cm³/mol. The molecule has 106 valence electrons. The Morgan fingerprint density at radius 3 is 2.63 bits per heavy atom. The fourth-order valence-electron chi connectivity index (χ4n) is 3.08. The molecule has 0 atom stereocenters. The van der Waals surface area contributed by atoms with E-state index in [1.54, 1.807) is 0 Å². The lowest BCUT2D eigenvalue weighted by molar-refractivity contribution is 0.0326. The summed E-state index contributed by atoms with van der Waals surface area (Å²) in [6, 6.07) is 0.592. The van der Waals surface area contributed by atoms with Crippen molar-refractivity contribution in [3.8, 4) is 0 Å². The molecule has 3 rings (SSSR count). The fraction of sp³-hybridized carbons (Fsp3) is 0.800. The van der Waals surface area contributed by atoms with Crippen LogP contribution in [0.25, 0.3) is 0 Å². The van der Waals surface area contributed by atoms with Gasteiger partial charge in [-0.05, 0) is 37.7 Å². The second-order valence-corrected chi connectivity index (χ2v) is 6.08. The Balaban J connectivity index is 1.51. The Morgan fingerprint density at radius 2 is 2.11 bits per heavy atom. The van der Waals surface area contributed by atoms with Crippen molar-refractivity contribution < 1.29 is 4.74 Å². The second-order valence-electron chi connectivity index (χ2n) is 6.08. The van der Waals surface area contributed by atoms with E-state index in [1.807, 2.05) is 13.3 Å². The first-order chi connectivity index (χ1) is 9.24. The van der Waals surface area contributed by atoms with E-state index in [9.17, 15) is 0 Å². The largest absolute Gasteiger partial charge is 0.377 e. The van der Waals surface area contributed by atoms with Crippen LogP contribution in [0.15, 0.2) is 12.4 Å². The predicted octanol–water partition coefficient (Wildman–Crippen LogP) is 2.26. The van der Waals surface area contributed by atoms with Crippen molar-refractivity contribution in [3.63, 3.8) is 0 Å². The van der Waals surface area contributed by atoms with Crippen LogP contribution in [0, 0.1) is 0 Å². The lowest BCUT2D eigenvalue weighted by Gasteiger charge is -2.34. The maximum atomic E-state index is 5.62. The molecule has 0 aromatic carbocycles. The average Bonchev–Trinajstić information content (AvgIpc) is 3.06. The zero-order valence-electron chi connectivity index (χ0n) is 12.1. The maximum absolute atomic E-state index is 5.62. The SMILES string of the molecule is CCc1cnn(C2CCN(CC3(OC)CC3)CC2)c1. The number of ether oxygens (including phenoxy) is 1. The molecular weight excluding hydrogens is 238 g/mol. The highest BCUT2D eigenvalue weighted by atomic mass is 16.5. The van der Waals surface area contributed by atoms with E-state index < -0.39 is 0 Å². The third-order valence-electron chi connectivity index (χ3n) is 4.75. The molecule has 1 saturated heterocycles. The molecule has 0 spiro atoms. The highest BCUT2D eigenvalue weighted by molar-refractivity contribution is 5.04. The van der Waals surface area contributed by atoms with Crippen LogP contribution in [0.4, 0.5) is 0 Å². The van der Waals surface area contributed by atoms with Crippen LogP contribution in [0.1, 0.15) is 44.2 Å². The molecule has 0 bridgehead atoms. The highest BCUT2D eigenvalue weighted by Crippen LogP contribution is 2.40. The van der Waals surface area contributed by atoms with Gasteiger partial charge >= 0.3 is 0 Å². The van der Waals surface area contributed by atoms with Crippen LogP contribution in [0.2, 0.25) is 0 Å². The molecule has 19 heavy (non-hydrogen) atoms. The number of aryl methyl sites for hydroxylation is 1. The van der Waals surface area contributed by atoms with Gasteiger partial charge in [-0.3, -0.25) is 4.68 Å². The van der Waals surface area contributed by atoms with Gasteiger partial charge in [-0.1, -0.05) is 6.92 Å². The van der Waals surface area contributed by atoms with Crippen molar-refractivity contribution in [2.75, 3.05) is 26.7 Å². The lowest BCUT2D eigenvalue weighted by atomic mass is 10.0. The first kappa shape index (κ1) is 13.1. The van der Waals surface area contributed by atoms with E-state index in [2.05, 4.69) is 27.8 Å². The summed E-state index contributed by atoms with van der Waals surface area (Å²) < 4.78 is 7.80. The minimum absolute atomic E-state index is 0.202. The third-order valence-corrected chi connectivity index (χ3v) is 4.75. The zero-order chi connectivity index (χ0) is 13.3. The molecule has 2 fully saturated rings. The summed E-state index contributed by atoms with van der Waals surface area (Å²) in [5.74, 6) is 0. The van der Waals surface area contributed by atoms with Crippen LogP contribution in [0.5, 0.6) is 0 Å². The quantitative estimate of drug-likeness (QED) is 0.816. The van der Waals surface area contributed by atoms with Gasteiger partial charge in [0.25, 0.3) is 0 Å². The molecule has 2 heterocycles. The van der Waals surface area contributed by atoms with Gasteiger partial charge in [0.15, 0.2) is 0 Å².